The van der Waals surface area contributed by atoms with Crippen molar-refractivity contribution in [3.05, 3.63) is 35.9 Å². The molecule has 0 spiro atoms. The molecule has 1 aliphatic carbocycles. The van der Waals surface area contributed by atoms with Crippen LogP contribution in [-0.2, 0) is 16.1 Å². The molecule has 1 unspecified atom stereocenters. The molecule has 1 aromatic rings. The summed E-state index contributed by atoms with van der Waals surface area (Å²) in [5.74, 6) is 0.0806. The third-order valence-corrected chi connectivity index (χ3v) is 5.29. The normalized spacial score (nSPS) is 21.8. The Balaban J connectivity index is 1.35. The van der Waals surface area contributed by atoms with Crippen LogP contribution in [0, 0.1) is 5.92 Å². The second-order valence-electron chi connectivity index (χ2n) is 7.33. The number of amides is 2. The SMILES string of the molecule is O=C(CNC(=O)C1CCCCC1)NC1CCN(Cc2ccccc2)C1. The molecule has 1 aromatic carbocycles. The summed E-state index contributed by atoms with van der Waals surface area (Å²) in [4.78, 5) is 26.6. The molecule has 2 amide bonds. The summed E-state index contributed by atoms with van der Waals surface area (Å²) in [6.45, 7) is 2.89. The Morgan fingerprint density at radius 2 is 1.80 bits per heavy atom. The van der Waals surface area contributed by atoms with Gasteiger partial charge in [0.25, 0.3) is 0 Å². The third kappa shape index (κ3) is 5.56. The zero-order valence-corrected chi connectivity index (χ0v) is 14.9. The highest BCUT2D eigenvalue weighted by Crippen LogP contribution is 2.23. The zero-order chi connectivity index (χ0) is 17.5. The van der Waals surface area contributed by atoms with E-state index in [0.29, 0.717) is 0 Å². The Labute approximate surface area is 150 Å². The molecule has 0 bridgehead atoms. The Bertz CT molecular complexity index is 570. The number of rotatable bonds is 6. The summed E-state index contributed by atoms with van der Waals surface area (Å²) in [6, 6.07) is 10.6. The van der Waals surface area contributed by atoms with Crippen molar-refractivity contribution in [1.29, 1.82) is 0 Å². The van der Waals surface area contributed by atoms with Crippen molar-refractivity contribution < 1.29 is 9.59 Å². The number of carbonyl (C=O) groups excluding carboxylic acids is 2. The smallest absolute Gasteiger partial charge is 0.239 e. The van der Waals surface area contributed by atoms with Gasteiger partial charge in [0.1, 0.15) is 0 Å². The van der Waals surface area contributed by atoms with Gasteiger partial charge in [0, 0.05) is 31.6 Å². The second kappa shape index (κ2) is 8.99. The molecular formula is C20H29N3O2. The molecule has 0 radical (unpaired) electrons. The maximum Gasteiger partial charge on any atom is 0.239 e. The molecule has 1 aliphatic heterocycles. The predicted molar refractivity (Wildman–Crippen MR) is 97.9 cm³/mol. The summed E-state index contributed by atoms with van der Waals surface area (Å²) in [7, 11) is 0. The number of carbonyl (C=O) groups is 2. The third-order valence-electron chi connectivity index (χ3n) is 5.29. The fourth-order valence-electron chi connectivity index (χ4n) is 3.89. The molecule has 1 saturated heterocycles. The highest BCUT2D eigenvalue weighted by Gasteiger charge is 2.25. The van der Waals surface area contributed by atoms with Gasteiger partial charge in [-0.3, -0.25) is 14.5 Å². The maximum absolute atomic E-state index is 12.1. The largest absolute Gasteiger partial charge is 0.350 e. The molecule has 136 valence electrons. The lowest BCUT2D eigenvalue weighted by Gasteiger charge is -2.21. The van der Waals surface area contributed by atoms with E-state index >= 15 is 0 Å². The average Bonchev–Trinajstić information content (AvgIpc) is 3.08. The lowest BCUT2D eigenvalue weighted by molar-refractivity contribution is -0.129. The Hall–Kier alpha value is -1.88. The van der Waals surface area contributed by atoms with E-state index in [4.69, 9.17) is 0 Å². The topological polar surface area (TPSA) is 61.4 Å². The fraction of sp³-hybridized carbons (Fsp3) is 0.600. The minimum absolute atomic E-state index is 0.0481. The molecule has 25 heavy (non-hydrogen) atoms. The van der Waals surface area contributed by atoms with Crippen LogP contribution in [0.25, 0.3) is 0 Å². The zero-order valence-electron chi connectivity index (χ0n) is 14.9. The number of hydrogen-bond acceptors (Lipinski definition) is 3. The second-order valence-corrected chi connectivity index (χ2v) is 7.33. The predicted octanol–water partition coefficient (Wildman–Crippen LogP) is 2.07. The van der Waals surface area contributed by atoms with Gasteiger partial charge in [-0.1, -0.05) is 49.6 Å². The van der Waals surface area contributed by atoms with E-state index in [0.717, 1.165) is 51.7 Å². The van der Waals surface area contributed by atoms with Crippen LogP contribution in [0.4, 0.5) is 0 Å². The summed E-state index contributed by atoms with van der Waals surface area (Å²) in [5.41, 5.74) is 1.30. The van der Waals surface area contributed by atoms with Crippen molar-refractivity contribution in [2.45, 2.75) is 51.1 Å². The fourth-order valence-corrected chi connectivity index (χ4v) is 3.89. The molecule has 1 saturated carbocycles. The summed E-state index contributed by atoms with van der Waals surface area (Å²) >= 11 is 0. The van der Waals surface area contributed by atoms with Crippen LogP contribution < -0.4 is 10.6 Å². The van der Waals surface area contributed by atoms with Gasteiger partial charge in [-0.15, -0.1) is 0 Å². The minimum atomic E-state index is -0.0734. The van der Waals surface area contributed by atoms with Gasteiger partial charge in [-0.05, 0) is 24.8 Å². The highest BCUT2D eigenvalue weighted by molar-refractivity contribution is 5.85. The van der Waals surface area contributed by atoms with Crippen molar-refractivity contribution in [2.75, 3.05) is 19.6 Å². The molecule has 0 aromatic heterocycles. The van der Waals surface area contributed by atoms with Crippen LogP contribution in [-0.4, -0.2) is 42.4 Å². The van der Waals surface area contributed by atoms with Gasteiger partial charge >= 0.3 is 0 Å². The number of benzene rings is 1. The minimum Gasteiger partial charge on any atom is -0.350 e. The first-order valence-corrected chi connectivity index (χ1v) is 9.54. The van der Waals surface area contributed by atoms with Gasteiger partial charge < -0.3 is 10.6 Å². The van der Waals surface area contributed by atoms with E-state index in [9.17, 15) is 9.59 Å². The lowest BCUT2D eigenvalue weighted by Crippen LogP contribution is -2.44. The van der Waals surface area contributed by atoms with Gasteiger partial charge in [-0.2, -0.15) is 0 Å². The van der Waals surface area contributed by atoms with Crippen molar-refractivity contribution in [1.82, 2.24) is 15.5 Å². The quantitative estimate of drug-likeness (QED) is 0.831. The molecule has 3 rings (SSSR count). The monoisotopic (exact) mass is 343 g/mol. The van der Waals surface area contributed by atoms with Crippen molar-refractivity contribution in [2.24, 2.45) is 5.92 Å². The molecule has 2 N–H and O–H groups in total. The Morgan fingerprint density at radius 3 is 2.56 bits per heavy atom. The van der Waals surface area contributed by atoms with Gasteiger partial charge in [0.05, 0.1) is 6.54 Å². The maximum atomic E-state index is 12.1. The van der Waals surface area contributed by atoms with Crippen LogP contribution >= 0.6 is 0 Å². The van der Waals surface area contributed by atoms with Crippen molar-refractivity contribution in [3.63, 3.8) is 0 Å². The first-order chi connectivity index (χ1) is 12.2. The van der Waals surface area contributed by atoms with E-state index in [1.54, 1.807) is 0 Å². The van der Waals surface area contributed by atoms with E-state index in [2.05, 4.69) is 39.8 Å². The first kappa shape index (κ1) is 17.9. The number of hydrogen-bond donors (Lipinski definition) is 2. The standard InChI is InChI=1S/C20H29N3O2/c24-19(13-21-20(25)17-9-5-2-6-10-17)22-18-11-12-23(15-18)14-16-7-3-1-4-8-16/h1,3-4,7-8,17-18H,2,5-6,9-15H2,(H,21,25)(H,22,24). The number of nitrogens with zero attached hydrogens (tertiary/aromatic N) is 1. The summed E-state index contributed by atoms with van der Waals surface area (Å²) < 4.78 is 0. The van der Waals surface area contributed by atoms with Crippen LogP contribution in [0.2, 0.25) is 0 Å². The molecule has 1 heterocycles. The van der Waals surface area contributed by atoms with Crippen LogP contribution in [0.15, 0.2) is 30.3 Å². The molecule has 2 fully saturated rings. The highest BCUT2D eigenvalue weighted by atomic mass is 16.2. The molecule has 1 atom stereocenters. The average molecular weight is 343 g/mol. The van der Waals surface area contributed by atoms with Gasteiger partial charge in [0.2, 0.25) is 11.8 Å². The van der Waals surface area contributed by atoms with E-state index in [-0.39, 0.29) is 30.3 Å². The molecule has 5 heteroatoms. The summed E-state index contributed by atoms with van der Waals surface area (Å²) in [6.07, 6.45) is 6.38. The molecule has 2 aliphatic rings. The first-order valence-electron chi connectivity index (χ1n) is 9.54. The number of likely N-dealkylation sites (tertiary alicyclic amines) is 1. The van der Waals surface area contributed by atoms with Crippen LogP contribution in [0.5, 0.6) is 0 Å². The molecular weight excluding hydrogens is 314 g/mol. The Morgan fingerprint density at radius 1 is 1.04 bits per heavy atom. The van der Waals surface area contributed by atoms with E-state index in [1.165, 1.54) is 12.0 Å². The van der Waals surface area contributed by atoms with Gasteiger partial charge in [0.15, 0.2) is 0 Å². The van der Waals surface area contributed by atoms with E-state index in [1.807, 2.05) is 6.07 Å². The molecule has 5 nitrogen and oxygen atoms in total. The number of nitrogens with one attached hydrogen (secondary N) is 2. The van der Waals surface area contributed by atoms with Crippen molar-refractivity contribution in [3.8, 4) is 0 Å². The van der Waals surface area contributed by atoms with Crippen LogP contribution in [0.1, 0.15) is 44.1 Å². The van der Waals surface area contributed by atoms with Crippen LogP contribution in [0.3, 0.4) is 0 Å². The Kier molecular flexibility index (Phi) is 6.45. The lowest BCUT2D eigenvalue weighted by atomic mass is 9.89. The van der Waals surface area contributed by atoms with Crippen molar-refractivity contribution >= 4 is 11.8 Å². The summed E-state index contributed by atoms with van der Waals surface area (Å²) in [5, 5.41) is 5.87. The van der Waals surface area contributed by atoms with E-state index < -0.39 is 0 Å². The van der Waals surface area contributed by atoms with Gasteiger partial charge in [-0.25, -0.2) is 0 Å².